The van der Waals surface area contributed by atoms with Crippen LogP contribution in [-0.2, 0) is 9.59 Å². The maximum atomic E-state index is 13.5. The molecule has 0 aromatic heterocycles. The number of carbonyl (C=O) groups excluding carboxylic acids is 2. The van der Waals surface area contributed by atoms with Crippen LogP contribution in [0.2, 0.25) is 0 Å². The van der Waals surface area contributed by atoms with E-state index in [0.29, 0.717) is 17.2 Å². The molecule has 0 radical (unpaired) electrons. The van der Waals surface area contributed by atoms with Gasteiger partial charge in [0.2, 0.25) is 0 Å². The van der Waals surface area contributed by atoms with E-state index in [1.165, 1.54) is 16.0 Å². The predicted molar refractivity (Wildman–Crippen MR) is 147 cm³/mol. The topological polar surface area (TPSA) is 58.6 Å². The van der Waals surface area contributed by atoms with Gasteiger partial charge in [0.15, 0.2) is 5.11 Å². The van der Waals surface area contributed by atoms with Gasteiger partial charge in [0.25, 0.3) is 11.8 Å². The normalized spacial score (nSPS) is 21.7. The molecule has 2 atom stereocenters. The van der Waals surface area contributed by atoms with Crippen LogP contribution in [-0.4, -0.2) is 16.9 Å². The number of nitrogens with one attached hydrogen (secondary N) is 1. The van der Waals surface area contributed by atoms with Gasteiger partial charge in [0.05, 0.1) is 5.69 Å². The van der Waals surface area contributed by atoms with Crippen LogP contribution in [0, 0.1) is 5.92 Å². The molecule has 6 rings (SSSR count). The SMILES string of the molecule is O=C1NC(=S)N(c2ccc(Oc3ccccc3)cc2)C(=O)C1=CC1=CC2C=Cc3ccccc3C2S1. The first-order chi connectivity index (χ1) is 17.6. The standard InChI is InChI=1S/C29H20N2O3S2/c32-27-25(17-23-16-19-11-10-18-6-4-5-9-24(18)26(19)36-23)28(33)31(29(35)30-27)20-12-14-22(15-13-20)34-21-7-2-1-3-8-21/h1-17,19,26H,(H,30,32,35). The van der Waals surface area contributed by atoms with E-state index < -0.39 is 11.8 Å². The number of hydrogen-bond donors (Lipinski definition) is 1. The summed E-state index contributed by atoms with van der Waals surface area (Å²) in [4.78, 5) is 28.5. The van der Waals surface area contributed by atoms with Crippen molar-refractivity contribution in [3.8, 4) is 11.5 Å². The number of fused-ring (bicyclic) bond motifs is 3. The van der Waals surface area contributed by atoms with Crippen molar-refractivity contribution in [1.82, 2.24) is 5.32 Å². The highest BCUT2D eigenvalue weighted by Gasteiger charge is 2.36. The first-order valence-electron chi connectivity index (χ1n) is 11.5. The van der Waals surface area contributed by atoms with Gasteiger partial charge in [-0.2, -0.15) is 0 Å². The van der Waals surface area contributed by atoms with E-state index in [2.05, 4.69) is 35.7 Å². The highest BCUT2D eigenvalue weighted by atomic mass is 32.2. The van der Waals surface area contributed by atoms with Gasteiger partial charge in [-0.15, -0.1) is 11.8 Å². The van der Waals surface area contributed by atoms with Gasteiger partial charge < -0.3 is 4.74 Å². The Morgan fingerprint density at radius 3 is 2.44 bits per heavy atom. The first-order valence-corrected chi connectivity index (χ1v) is 12.8. The molecule has 176 valence electrons. The lowest BCUT2D eigenvalue weighted by Crippen LogP contribution is -2.54. The van der Waals surface area contributed by atoms with Gasteiger partial charge in [-0.25, -0.2) is 0 Å². The molecule has 2 aliphatic heterocycles. The van der Waals surface area contributed by atoms with E-state index in [9.17, 15) is 9.59 Å². The molecular formula is C29H20N2O3S2. The molecule has 2 heterocycles. The number of carbonyl (C=O) groups is 2. The molecule has 0 bridgehead atoms. The molecule has 3 aromatic carbocycles. The lowest BCUT2D eigenvalue weighted by atomic mass is 9.89. The highest BCUT2D eigenvalue weighted by Crippen LogP contribution is 2.52. The van der Waals surface area contributed by atoms with E-state index in [0.717, 1.165) is 4.91 Å². The van der Waals surface area contributed by atoms with Crippen LogP contribution in [0.1, 0.15) is 16.4 Å². The number of rotatable bonds is 4. The van der Waals surface area contributed by atoms with E-state index in [1.54, 1.807) is 42.1 Å². The molecular weight excluding hydrogens is 488 g/mol. The van der Waals surface area contributed by atoms with Gasteiger partial charge >= 0.3 is 0 Å². The maximum Gasteiger partial charge on any atom is 0.270 e. The van der Waals surface area contributed by atoms with Crippen molar-refractivity contribution in [3.63, 3.8) is 0 Å². The minimum absolute atomic E-state index is 0.0532. The Bertz CT molecular complexity index is 1480. The van der Waals surface area contributed by atoms with Crippen LogP contribution in [0.3, 0.4) is 0 Å². The summed E-state index contributed by atoms with van der Waals surface area (Å²) < 4.78 is 5.84. The Hall–Kier alpha value is -3.94. The molecule has 1 N–H and O–H groups in total. The van der Waals surface area contributed by atoms with Crippen molar-refractivity contribution in [3.05, 3.63) is 119 Å². The predicted octanol–water partition coefficient (Wildman–Crippen LogP) is 6.17. The monoisotopic (exact) mass is 508 g/mol. The van der Waals surface area contributed by atoms with Gasteiger partial charge in [-0.3, -0.25) is 19.8 Å². The fourth-order valence-corrected chi connectivity index (χ4v) is 6.17. The van der Waals surface area contributed by atoms with Crippen LogP contribution >= 0.6 is 24.0 Å². The van der Waals surface area contributed by atoms with Crippen LogP contribution in [0.25, 0.3) is 6.08 Å². The number of nitrogens with zero attached hydrogens (tertiary/aromatic N) is 1. The van der Waals surface area contributed by atoms with Crippen LogP contribution in [0.15, 0.2) is 108 Å². The molecule has 7 heteroatoms. The van der Waals surface area contributed by atoms with Crippen LogP contribution in [0.4, 0.5) is 5.69 Å². The minimum atomic E-state index is -0.488. The average molecular weight is 509 g/mol. The smallest absolute Gasteiger partial charge is 0.270 e. The van der Waals surface area contributed by atoms with E-state index in [-0.39, 0.29) is 21.9 Å². The molecule has 3 aliphatic rings. The van der Waals surface area contributed by atoms with Crippen molar-refractivity contribution < 1.29 is 14.3 Å². The maximum absolute atomic E-state index is 13.5. The largest absolute Gasteiger partial charge is 0.457 e. The van der Waals surface area contributed by atoms with Crippen LogP contribution < -0.4 is 15.0 Å². The molecule has 0 spiro atoms. The second-order valence-electron chi connectivity index (χ2n) is 8.54. The number of benzene rings is 3. The molecule has 3 aromatic rings. The van der Waals surface area contributed by atoms with Crippen molar-refractivity contribution in [2.45, 2.75) is 5.25 Å². The van der Waals surface area contributed by atoms with E-state index in [1.807, 2.05) is 42.5 Å². The third-order valence-corrected chi connectivity index (χ3v) is 7.86. The first kappa shape index (κ1) is 22.5. The summed E-state index contributed by atoms with van der Waals surface area (Å²) in [6, 6.07) is 24.8. The second kappa shape index (κ2) is 9.26. The molecule has 2 unspecified atom stereocenters. The fraction of sp³-hybridized carbons (Fsp3) is 0.0690. The molecule has 1 aliphatic carbocycles. The summed E-state index contributed by atoms with van der Waals surface area (Å²) in [6.45, 7) is 0. The number of para-hydroxylation sites is 1. The molecule has 5 nitrogen and oxygen atoms in total. The number of thioether (sulfide) groups is 1. The second-order valence-corrected chi connectivity index (χ2v) is 10.1. The number of ether oxygens (including phenoxy) is 1. The van der Waals surface area contributed by atoms with Gasteiger partial charge in [-0.05, 0) is 65.8 Å². The summed E-state index contributed by atoms with van der Waals surface area (Å²) in [5.74, 6) is 0.620. The average Bonchev–Trinajstić information content (AvgIpc) is 3.31. The van der Waals surface area contributed by atoms with E-state index in [4.69, 9.17) is 17.0 Å². The number of thiocarbonyl (C=S) groups is 1. The summed E-state index contributed by atoms with van der Waals surface area (Å²) in [6.07, 6.45) is 8.10. The lowest BCUT2D eigenvalue weighted by Gasteiger charge is -2.29. The Kier molecular flexibility index (Phi) is 5.79. The highest BCUT2D eigenvalue weighted by molar-refractivity contribution is 8.03. The number of anilines is 1. The Morgan fingerprint density at radius 1 is 0.917 bits per heavy atom. The van der Waals surface area contributed by atoms with Gasteiger partial charge in [-0.1, -0.05) is 60.7 Å². The quantitative estimate of drug-likeness (QED) is 0.260. The Morgan fingerprint density at radius 2 is 1.64 bits per heavy atom. The molecule has 36 heavy (non-hydrogen) atoms. The zero-order chi connectivity index (χ0) is 24.6. The van der Waals surface area contributed by atoms with Crippen molar-refractivity contribution in [1.29, 1.82) is 0 Å². The lowest BCUT2D eigenvalue weighted by molar-refractivity contribution is -0.122. The van der Waals surface area contributed by atoms with Crippen molar-refractivity contribution in [2.75, 3.05) is 4.90 Å². The van der Waals surface area contributed by atoms with Crippen LogP contribution in [0.5, 0.6) is 11.5 Å². The molecule has 1 saturated heterocycles. The van der Waals surface area contributed by atoms with Gasteiger partial charge in [0, 0.05) is 16.1 Å². The van der Waals surface area contributed by atoms with Crippen molar-refractivity contribution >= 4 is 52.7 Å². The summed E-state index contributed by atoms with van der Waals surface area (Å²) in [7, 11) is 0. The molecule has 0 saturated carbocycles. The Balaban J connectivity index is 1.24. The third-order valence-electron chi connectivity index (χ3n) is 6.23. The molecule has 1 fully saturated rings. The number of allylic oxidation sites excluding steroid dienone is 3. The van der Waals surface area contributed by atoms with Gasteiger partial charge in [0.1, 0.15) is 17.1 Å². The summed E-state index contributed by atoms with van der Waals surface area (Å²) in [5.41, 5.74) is 3.08. The van der Waals surface area contributed by atoms with Crippen molar-refractivity contribution in [2.24, 2.45) is 5.92 Å². The van der Waals surface area contributed by atoms with E-state index >= 15 is 0 Å². The fourth-order valence-electron chi connectivity index (χ4n) is 4.51. The third kappa shape index (κ3) is 4.17. The molecule has 2 amide bonds. The number of hydrogen-bond acceptors (Lipinski definition) is 5. The number of amides is 2. The minimum Gasteiger partial charge on any atom is -0.457 e. The Labute approximate surface area is 218 Å². The summed E-state index contributed by atoms with van der Waals surface area (Å²) >= 11 is 7.02. The zero-order valence-corrected chi connectivity index (χ0v) is 20.6. The zero-order valence-electron chi connectivity index (χ0n) is 19.0. The summed E-state index contributed by atoms with van der Waals surface area (Å²) in [5, 5.41) is 2.95.